The Hall–Kier alpha value is -1.35. The topological polar surface area (TPSA) is 52.3 Å². The lowest BCUT2D eigenvalue weighted by molar-refractivity contribution is 0.0914. The van der Waals surface area contributed by atoms with Gasteiger partial charge in [0.15, 0.2) is 5.78 Å². The van der Waals surface area contributed by atoms with Crippen LogP contribution in [-0.2, 0) is 6.42 Å². The van der Waals surface area contributed by atoms with Crippen LogP contribution in [0.15, 0.2) is 18.2 Å². The summed E-state index contributed by atoms with van der Waals surface area (Å²) in [6.07, 6.45) is 0.892. The molecule has 2 rings (SSSR count). The van der Waals surface area contributed by atoms with E-state index in [9.17, 15) is 4.79 Å². The summed E-state index contributed by atoms with van der Waals surface area (Å²) in [5, 5.41) is 0. The molecule has 86 valence electrons. The fourth-order valence-electron chi connectivity index (χ4n) is 1.89. The van der Waals surface area contributed by atoms with E-state index in [0.717, 1.165) is 17.7 Å². The SMILES string of the molecule is CC(N)C(C)C(=O)c1cccc2c1OCC2. The van der Waals surface area contributed by atoms with Crippen LogP contribution in [0.4, 0.5) is 0 Å². The third-order valence-electron chi connectivity index (χ3n) is 3.18. The molecule has 1 aromatic carbocycles. The molecule has 0 bridgehead atoms. The van der Waals surface area contributed by atoms with Crippen LogP contribution in [0.25, 0.3) is 0 Å². The summed E-state index contributed by atoms with van der Waals surface area (Å²) >= 11 is 0. The number of hydrogen-bond acceptors (Lipinski definition) is 3. The number of carbonyl (C=O) groups excluding carboxylic acids is 1. The van der Waals surface area contributed by atoms with E-state index in [1.807, 2.05) is 32.0 Å². The van der Waals surface area contributed by atoms with Crippen molar-refractivity contribution in [2.45, 2.75) is 26.3 Å². The lowest BCUT2D eigenvalue weighted by Crippen LogP contribution is -2.30. The van der Waals surface area contributed by atoms with Crippen LogP contribution in [0.2, 0.25) is 0 Å². The first-order valence-corrected chi connectivity index (χ1v) is 5.65. The van der Waals surface area contributed by atoms with E-state index >= 15 is 0 Å². The van der Waals surface area contributed by atoms with Gasteiger partial charge in [0.1, 0.15) is 5.75 Å². The van der Waals surface area contributed by atoms with Gasteiger partial charge in [-0.1, -0.05) is 19.1 Å². The molecule has 1 aliphatic rings. The van der Waals surface area contributed by atoms with Crippen molar-refractivity contribution in [2.75, 3.05) is 6.61 Å². The molecule has 0 saturated carbocycles. The lowest BCUT2D eigenvalue weighted by atomic mass is 9.92. The van der Waals surface area contributed by atoms with E-state index in [1.54, 1.807) is 0 Å². The van der Waals surface area contributed by atoms with Gasteiger partial charge < -0.3 is 10.5 Å². The number of Topliss-reactive ketones (excluding diaryl/α,β-unsaturated/α-hetero) is 1. The Morgan fingerprint density at radius 1 is 1.44 bits per heavy atom. The minimum absolute atomic E-state index is 0.0775. The smallest absolute Gasteiger partial charge is 0.170 e. The highest BCUT2D eigenvalue weighted by Gasteiger charge is 2.25. The molecule has 0 amide bonds. The van der Waals surface area contributed by atoms with E-state index in [0.29, 0.717) is 12.2 Å². The maximum Gasteiger partial charge on any atom is 0.170 e. The monoisotopic (exact) mass is 219 g/mol. The highest BCUT2D eigenvalue weighted by atomic mass is 16.5. The van der Waals surface area contributed by atoms with Crippen LogP contribution in [-0.4, -0.2) is 18.4 Å². The van der Waals surface area contributed by atoms with Gasteiger partial charge in [-0.15, -0.1) is 0 Å². The molecule has 0 aliphatic carbocycles. The van der Waals surface area contributed by atoms with Gasteiger partial charge in [0.2, 0.25) is 0 Å². The quantitative estimate of drug-likeness (QED) is 0.788. The largest absolute Gasteiger partial charge is 0.492 e. The predicted octanol–water partition coefficient (Wildman–Crippen LogP) is 1.79. The maximum absolute atomic E-state index is 12.2. The summed E-state index contributed by atoms with van der Waals surface area (Å²) in [5.74, 6) is 0.671. The number of carbonyl (C=O) groups is 1. The van der Waals surface area contributed by atoms with Crippen molar-refractivity contribution >= 4 is 5.78 Å². The summed E-state index contributed by atoms with van der Waals surface area (Å²) in [6.45, 7) is 4.39. The molecule has 2 unspecified atom stereocenters. The summed E-state index contributed by atoms with van der Waals surface area (Å²) in [4.78, 5) is 12.2. The van der Waals surface area contributed by atoms with Gasteiger partial charge in [0.25, 0.3) is 0 Å². The molecule has 0 radical (unpaired) electrons. The first-order valence-electron chi connectivity index (χ1n) is 5.65. The number of para-hydroxylation sites is 1. The average Bonchev–Trinajstić information content (AvgIpc) is 2.74. The summed E-state index contributed by atoms with van der Waals surface area (Å²) in [5.41, 5.74) is 7.57. The number of rotatable bonds is 3. The van der Waals surface area contributed by atoms with Gasteiger partial charge in [-0.2, -0.15) is 0 Å². The van der Waals surface area contributed by atoms with Crippen molar-refractivity contribution in [3.05, 3.63) is 29.3 Å². The molecule has 2 N–H and O–H groups in total. The average molecular weight is 219 g/mol. The molecule has 1 aromatic rings. The Balaban J connectivity index is 2.34. The third-order valence-corrected chi connectivity index (χ3v) is 3.18. The Bertz CT molecular complexity index is 412. The fourth-order valence-corrected chi connectivity index (χ4v) is 1.89. The van der Waals surface area contributed by atoms with Crippen LogP contribution in [0.3, 0.4) is 0 Å². The van der Waals surface area contributed by atoms with E-state index in [1.165, 1.54) is 0 Å². The number of ether oxygens (including phenoxy) is 1. The van der Waals surface area contributed by atoms with Gasteiger partial charge in [-0.05, 0) is 18.6 Å². The molecule has 3 nitrogen and oxygen atoms in total. The lowest BCUT2D eigenvalue weighted by Gasteiger charge is -2.15. The van der Waals surface area contributed by atoms with Gasteiger partial charge in [-0.25, -0.2) is 0 Å². The Kier molecular flexibility index (Phi) is 2.97. The second kappa shape index (κ2) is 4.26. The number of fused-ring (bicyclic) bond motifs is 1. The van der Waals surface area contributed by atoms with Gasteiger partial charge in [-0.3, -0.25) is 4.79 Å². The minimum Gasteiger partial charge on any atom is -0.492 e. The molecule has 1 heterocycles. The summed E-state index contributed by atoms with van der Waals surface area (Å²) in [6, 6.07) is 5.61. The van der Waals surface area contributed by atoms with Gasteiger partial charge >= 0.3 is 0 Å². The fraction of sp³-hybridized carbons (Fsp3) is 0.462. The Morgan fingerprint density at radius 3 is 2.88 bits per heavy atom. The van der Waals surface area contributed by atoms with Crippen molar-refractivity contribution < 1.29 is 9.53 Å². The second-order valence-electron chi connectivity index (χ2n) is 4.40. The standard InChI is InChI=1S/C13H17NO2/c1-8(9(2)14)12(15)11-5-3-4-10-6-7-16-13(10)11/h3-5,8-9H,6-7,14H2,1-2H3. The molecular formula is C13H17NO2. The van der Waals surface area contributed by atoms with Crippen LogP contribution in [0, 0.1) is 5.92 Å². The summed E-state index contributed by atoms with van der Waals surface area (Å²) in [7, 11) is 0. The molecule has 16 heavy (non-hydrogen) atoms. The van der Waals surface area contributed by atoms with Crippen LogP contribution < -0.4 is 10.5 Å². The van der Waals surface area contributed by atoms with Crippen LogP contribution in [0.5, 0.6) is 5.75 Å². The number of ketones is 1. The Labute approximate surface area is 95.6 Å². The molecule has 0 spiro atoms. The number of benzene rings is 1. The van der Waals surface area contributed by atoms with Crippen molar-refractivity contribution in [3.8, 4) is 5.75 Å². The van der Waals surface area contributed by atoms with Crippen molar-refractivity contribution in [1.82, 2.24) is 0 Å². The zero-order valence-electron chi connectivity index (χ0n) is 9.69. The molecule has 2 atom stereocenters. The van der Waals surface area contributed by atoms with Crippen molar-refractivity contribution in [1.29, 1.82) is 0 Å². The van der Waals surface area contributed by atoms with E-state index in [2.05, 4.69) is 0 Å². The minimum atomic E-state index is -0.171. The normalized spacial score (nSPS) is 17.4. The highest BCUT2D eigenvalue weighted by Crippen LogP contribution is 2.31. The van der Waals surface area contributed by atoms with Gasteiger partial charge in [0.05, 0.1) is 12.2 Å². The second-order valence-corrected chi connectivity index (χ2v) is 4.40. The van der Waals surface area contributed by atoms with Crippen molar-refractivity contribution in [3.63, 3.8) is 0 Å². The predicted molar refractivity (Wildman–Crippen MR) is 62.8 cm³/mol. The van der Waals surface area contributed by atoms with Gasteiger partial charge in [0, 0.05) is 18.4 Å². The molecule has 1 aliphatic heterocycles. The first kappa shape index (κ1) is 11.1. The number of hydrogen-bond donors (Lipinski definition) is 1. The van der Waals surface area contributed by atoms with E-state index < -0.39 is 0 Å². The molecule has 3 heteroatoms. The highest BCUT2D eigenvalue weighted by molar-refractivity contribution is 6.01. The maximum atomic E-state index is 12.2. The molecular weight excluding hydrogens is 202 g/mol. The molecule has 0 fully saturated rings. The zero-order chi connectivity index (χ0) is 11.7. The van der Waals surface area contributed by atoms with Crippen molar-refractivity contribution in [2.24, 2.45) is 11.7 Å². The molecule has 0 saturated heterocycles. The first-order chi connectivity index (χ1) is 7.61. The van der Waals surface area contributed by atoms with E-state index in [4.69, 9.17) is 10.5 Å². The van der Waals surface area contributed by atoms with Crippen LogP contribution >= 0.6 is 0 Å². The van der Waals surface area contributed by atoms with Crippen LogP contribution in [0.1, 0.15) is 29.8 Å². The number of nitrogens with two attached hydrogens (primary N) is 1. The van der Waals surface area contributed by atoms with E-state index in [-0.39, 0.29) is 17.7 Å². The summed E-state index contributed by atoms with van der Waals surface area (Å²) < 4.78 is 5.52. The third kappa shape index (κ3) is 1.83. The Morgan fingerprint density at radius 2 is 2.19 bits per heavy atom. The zero-order valence-corrected chi connectivity index (χ0v) is 9.69. The molecule has 0 aromatic heterocycles.